The Balaban J connectivity index is 2.23. The number of rotatable bonds is 2. The molecule has 1 aliphatic heterocycles. The molecule has 0 N–H and O–H groups in total. The molecule has 82 valence electrons. The Morgan fingerprint density at radius 2 is 2.33 bits per heavy atom. The average molecular weight is 251 g/mol. The zero-order valence-electron chi connectivity index (χ0n) is 7.46. The molecule has 0 saturated carbocycles. The van der Waals surface area contributed by atoms with Gasteiger partial charge in [-0.15, -0.1) is 0 Å². The summed E-state index contributed by atoms with van der Waals surface area (Å²) in [4.78, 5) is 16.4. The van der Waals surface area contributed by atoms with Crippen LogP contribution in [-0.4, -0.2) is 31.1 Å². The number of anilines is 1. The molecule has 1 aromatic rings. The highest BCUT2D eigenvalue weighted by Crippen LogP contribution is 2.25. The molecule has 0 spiro atoms. The summed E-state index contributed by atoms with van der Waals surface area (Å²) >= 11 is 0. The molecule has 15 heavy (non-hydrogen) atoms. The van der Waals surface area contributed by atoms with Gasteiger partial charge in [0, 0.05) is 23.6 Å². The van der Waals surface area contributed by atoms with E-state index in [9.17, 15) is 13.2 Å². The van der Waals surface area contributed by atoms with Gasteiger partial charge in [-0.1, -0.05) is 0 Å². The van der Waals surface area contributed by atoms with E-state index in [1.165, 1.54) is 17.4 Å². The molecule has 0 bridgehead atoms. The molecule has 1 fully saturated rings. The number of aromatic nitrogens is 1. The van der Waals surface area contributed by atoms with Gasteiger partial charge in [0.2, 0.25) is 15.0 Å². The van der Waals surface area contributed by atoms with Gasteiger partial charge in [0.05, 0.1) is 6.20 Å². The van der Waals surface area contributed by atoms with Gasteiger partial charge in [0.1, 0.15) is 11.5 Å². The van der Waals surface area contributed by atoms with Crippen molar-refractivity contribution in [1.29, 1.82) is 0 Å². The number of nitrogens with zero attached hydrogens (tertiary/aromatic N) is 2. The zero-order chi connectivity index (χ0) is 11.1. The molecule has 1 amide bonds. The quantitative estimate of drug-likeness (QED) is 0.708. The van der Waals surface area contributed by atoms with E-state index >= 15 is 0 Å². The van der Waals surface area contributed by atoms with Gasteiger partial charge < -0.3 is 4.42 Å². The number of halogens is 1. The topological polar surface area (TPSA) is 80.5 Å². The van der Waals surface area contributed by atoms with Gasteiger partial charge in [-0.3, -0.25) is 9.69 Å². The lowest BCUT2D eigenvalue weighted by molar-refractivity contribution is -0.117. The van der Waals surface area contributed by atoms with Crippen LogP contribution in [0.2, 0.25) is 0 Å². The summed E-state index contributed by atoms with van der Waals surface area (Å²) < 4.78 is 27.0. The molecule has 1 aliphatic rings. The van der Waals surface area contributed by atoms with Gasteiger partial charge >= 0.3 is 6.01 Å². The standard InChI is InChI=1S/C7H7ClN2O4S/c8-15(12,13)5-3-6(11)10(4-5)7-9-1-2-14-7/h1-2,5H,3-4H2. The van der Waals surface area contributed by atoms with Crippen LogP contribution in [0.4, 0.5) is 6.01 Å². The molecule has 0 radical (unpaired) electrons. The summed E-state index contributed by atoms with van der Waals surface area (Å²) in [5.41, 5.74) is 0. The second-order valence-electron chi connectivity index (χ2n) is 3.12. The highest BCUT2D eigenvalue weighted by atomic mass is 35.7. The van der Waals surface area contributed by atoms with Gasteiger partial charge in [-0.05, 0) is 0 Å². The van der Waals surface area contributed by atoms with Crippen molar-refractivity contribution in [2.75, 3.05) is 11.4 Å². The van der Waals surface area contributed by atoms with Gasteiger partial charge in [-0.25, -0.2) is 13.4 Å². The van der Waals surface area contributed by atoms with Gasteiger partial charge in [-0.2, -0.15) is 0 Å². The Labute approximate surface area is 90.3 Å². The van der Waals surface area contributed by atoms with E-state index in [0.29, 0.717) is 0 Å². The van der Waals surface area contributed by atoms with E-state index < -0.39 is 14.3 Å². The SMILES string of the molecule is O=C1CC(S(=O)(=O)Cl)CN1c1ncco1. The van der Waals surface area contributed by atoms with Gasteiger partial charge in [0.25, 0.3) is 0 Å². The predicted octanol–water partition coefficient (Wildman–Crippen LogP) is 0.348. The van der Waals surface area contributed by atoms with Crippen molar-refractivity contribution >= 4 is 31.7 Å². The largest absolute Gasteiger partial charge is 0.432 e. The van der Waals surface area contributed by atoms with Crippen LogP contribution in [0.3, 0.4) is 0 Å². The van der Waals surface area contributed by atoms with E-state index in [4.69, 9.17) is 15.1 Å². The van der Waals surface area contributed by atoms with Crippen LogP contribution in [-0.2, 0) is 13.8 Å². The molecular weight excluding hydrogens is 244 g/mol. The van der Waals surface area contributed by atoms with Crippen molar-refractivity contribution in [3.05, 3.63) is 12.5 Å². The minimum Gasteiger partial charge on any atom is -0.432 e. The summed E-state index contributed by atoms with van der Waals surface area (Å²) in [6.07, 6.45) is 2.56. The minimum absolute atomic E-state index is 0.00875. The number of amides is 1. The molecule has 1 aromatic heterocycles. The fourth-order valence-electron chi connectivity index (χ4n) is 1.40. The Bertz CT molecular complexity index is 469. The van der Waals surface area contributed by atoms with E-state index in [-0.39, 0.29) is 24.9 Å². The number of oxazole rings is 1. The molecule has 2 rings (SSSR count). The maximum absolute atomic E-state index is 11.4. The molecule has 0 aromatic carbocycles. The Morgan fingerprint density at radius 3 is 2.80 bits per heavy atom. The molecule has 1 saturated heterocycles. The summed E-state index contributed by atoms with van der Waals surface area (Å²) in [5.74, 6) is -0.355. The number of hydrogen-bond acceptors (Lipinski definition) is 5. The molecular formula is C7H7ClN2O4S. The maximum atomic E-state index is 11.4. The third kappa shape index (κ3) is 1.98. The second kappa shape index (κ2) is 3.49. The zero-order valence-corrected chi connectivity index (χ0v) is 9.03. The van der Waals surface area contributed by atoms with Crippen LogP contribution in [0.5, 0.6) is 0 Å². The summed E-state index contributed by atoms with van der Waals surface area (Å²) in [6, 6.07) is 0.0998. The molecule has 2 heterocycles. The van der Waals surface area contributed by atoms with Crippen molar-refractivity contribution in [1.82, 2.24) is 4.98 Å². The van der Waals surface area contributed by atoms with Crippen molar-refractivity contribution in [3.8, 4) is 0 Å². The summed E-state index contributed by atoms with van der Waals surface area (Å²) in [7, 11) is 1.45. The monoisotopic (exact) mass is 250 g/mol. The van der Waals surface area contributed by atoms with Gasteiger partial charge in [0.15, 0.2) is 0 Å². The van der Waals surface area contributed by atoms with Crippen molar-refractivity contribution in [2.45, 2.75) is 11.7 Å². The van der Waals surface area contributed by atoms with E-state index in [1.54, 1.807) is 0 Å². The van der Waals surface area contributed by atoms with Crippen molar-refractivity contribution in [3.63, 3.8) is 0 Å². The number of carbonyl (C=O) groups is 1. The molecule has 6 nitrogen and oxygen atoms in total. The summed E-state index contributed by atoms with van der Waals surface area (Å²) in [5, 5.41) is -0.890. The van der Waals surface area contributed by atoms with Crippen LogP contribution in [0.15, 0.2) is 16.9 Å². The van der Waals surface area contributed by atoms with Crippen LogP contribution in [0.25, 0.3) is 0 Å². The molecule has 0 aliphatic carbocycles. The highest BCUT2D eigenvalue weighted by Gasteiger charge is 2.39. The predicted molar refractivity (Wildman–Crippen MR) is 52.0 cm³/mol. The first kappa shape index (κ1) is 10.4. The minimum atomic E-state index is -3.72. The van der Waals surface area contributed by atoms with Crippen LogP contribution in [0.1, 0.15) is 6.42 Å². The smallest absolute Gasteiger partial charge is 0.304 e. The second-order valence-corrected chi connectivity index (χ2v) is 6.03. The van der Waals surface area contributed by atoms with E-state index in [1.807, 2.05) is 0 Å². The van der Waals surface area contributed by atoms with E-state index in [0.717, 1.165) is 0 Å². The lowest BCUT2D eigenvalue weighted by Gasteiger charge is -2.09. The van der Waals surface area contributed by atoms with Crippen molar-refractivity contribution in [2.24, 2.45) is 0 Å². The Morgan fingerprint density at radius 1 is 1.60 bits per heavy atom. The highest BCUT2D eigenvalue weighted by molar-refractivity contribution is 8.14. The van der Waals surface area contributed by atoms with Crippen LogP contribution >= 0.6 is 10.7 Å². The lowest BCUT2D eigenvalue weighted by atomic mass is 10.4. The maximum Gasteiger partial charge on any atom is 0.304 e. The first-order valence-corrected chi connectivity index (χ1v) is 6.49. The molecule has 1 atom stereocenters. The first-order valence-electron chi connectivity index (χ1n) is 4.12. The fourth-order valence-corrected chi connectivity index (χ4v) is 2.42. The lowest BCUT2D eigenvalue weighted by Crippen LogP contribution is -2.26. The van der Waals surface area contributed by atoms with Crippen molar-refractivity contribution < 1.29 is 17.6 Å². The molecule has 8 heteroatoms. The third-order valence-electron chi connectivity index (χ3n) is 2.14. The normalized spacial score (nSPS) is 22.3. The Hall–Kier alpha value is -1.08. The Kier molecular flexibility index (Phi) is 2.43. The van der Waals surface area contributed by atoms with E-state index in [2.05, 4.69) is 4.98 Å². The molecule has 1 unspecified atom stereocenters. The average Bonchev–Trinajstić information content (AvgIpc) is 2.69. The third-order valence-corrected chi connectivity index (χ3v) is 4.01. The number of carbonyl (C=O) groups excluding carboxylic acids is 1. The fraction of sp³-hybridized carbons (Fsp3) is 0.429. The van der Waals surface area contributed by atoms with Crippen LogP contribution in [0, 0.1) is 0 Å². The summed E-state index contributed by atoms with van der Waals surface area (Å²) in [6.45, 7) is -0.00875. The van der Waals surface area contributed by atoms with Crippen LogP contribution < -0.4 is 4.90 Å². The first-order chi connectivity index (χ1) is 6.98. The number of hydrogen-bond donors (Lipinski definition) is 0.